The fourth-order valence-corrected chi connectivity index (χ4v) is 5.68. The van der Waals surface area contributed by atoms with Crippen LogP contribution in [0.1, 0.15) is 42.4 Å². The second-order valence-corrected chi connectivity index (χ2v) is 9.24. The van der Waals surface area contributed by atoms with E-state index in [0.717, 1.165) is 39.3 Å². The van der Waals surface area contributed by atoms with E-state index in [1.165, 1.54) is 49.2 Å². The molecule has 0 radical (unpaired) electrons. The maximum Gasteiger partial charge on any atom is 0.243 e. The Bertz CT molecular complexity index is 807. The van der Waals surface area contributed by atoms with Crippen molar-refractivity contribution in [2.75, 3.05) is 39.3 Å². The number of carbonyl (C=O) groups is 2. The molecular formula is C23H33N5O2. The molecule has 162 valence electrons. The van der Waals surface area contributed by atoms with Gasteiger partial charge in [-0.05, 0) is 42.5 Å². The van der Waals surface area contributed by atoms with Crippen molar-refractivity contribution in [3.05, 3.63) is 34.9 Å². The van der Waals surface area contributed by atoms with Gasteiger partial charge < -0.3 is 5.32 Å². The van der Waals surface area contributed by atoms with E-state index in [2.05, 4.69) is 43.5 Å². The van der Waals surface area contributed by atoms with E-state index in [9.17, 15) is 9.59 Å². The first-order chi connectivity index (χ1) is 14.7. The van der Waals surface area contributed by atoms with E-state index in [0.29, 0.717) is 18.9 Å². The normalized spacial score (nSPS) is 29.1. The summed E-state index contributed by atoms with van der Waals surface area (Å²) in [6.07, 6.45) is 3.66. The number of nitrogens with zero attached hydrogens (tertiary/aromatic N) is 3. The number of piperidine rings is 2. The molecule has 0 saturated carbocycles. The SMILES string of the molecule is O=C1CCC(N2Cc3cccc(CN4CCCC(N5CCNCC5)C4)c3C2)C(=O)N1. The Morgan fingerprint density at radius 1 is 1.00 bits per heavy atom. The minimum Gasteiger partial charge on any atom is -0.314 e. The van der Waals surface area contributed by atoms with Crippen LogP contribution in [0.4, 0.5) is 0 Å². The lowest BCUT2D eigenvalue weighted by atomic mass is 9.99. The van der Waals surface area contributed by atoms with E-state index in [4.69, 9.17) is 0 Å². The summed E-state index contributed by atoms with van der Waals surface area (Å²) in [4.78, 5) is 31.4. The zero-order valence-electron chi connectivity index (χ0n) is 17.7. The minimum absolute atomic E-state index is 0.129. The largest absolute Gasteiger partial charge is 0.314 e. The zero-order valence-corrected chi connectivity index (χ0v) is 17.7. The molecule has 0 aromatic heterocycles. The molecule has 1 aromatic rings. The standard InChI is InChI=1S/C23H33N5O2/c29-22-7-6-21(23(30)25-22)28-14-18-4-1-3-17(20(18)16-28)13-26-10-2-5-19(15-26)27-11-8-24-9-12-27/h1,3-4,19,21,24H,2,5-16H2,(H,25,29,30). The fourth-order valence-electron chi connectivity index (χ4n) is 5.68. The van der Waals surface area contributed by atoms with E-state index in [1.807, 2.05) is 0 Å². The minimum atomic E-state index is -0.185. The van der Waals surface area contributed by atoms with Crippen LogP contribution in [-0.2, 0) is 29.2 Å². The Labute approximate surface area is 178 Å². The molecule has 3 saturated heterocycles. The highest BCUT2D eigenvalue weighted by Crippen LogP contribution is 2.31. The fraction of sp³-hybridized carbons (Fsp3) is 0.652. The average Bonchev–Trinajstić information content (AvgIpc) is 3.20. The zero-order chi connectivity index (χ0) is 20.5. The molecule has 2 atom stereocenters. The van der Waals surface area contributed by atoms with Crippen molar-refractivity contribution in [2.45, 2.75) is 57.4 Å². The monoisotopic (exact) mass is 411 g/mol. The van der Waals surface area contributed by atoms with Crippen molar-refractivity contribution < 1.29 is 9.59 Å². The first kappa shape index (κ1) is 20.1. The van der Waals surface area contributed by atoms with Gasteiger partial charge >= 0.3 is 0 Å². The van der Waals surface area contributed by atoms with Gasteiger partial charge in [-0.15, -0.1) is 0 Å². The number of hydrogen-bond donors (Lipinski definition) is 2. The number of piperazine rings is 1. The van der Waals surface area contributed by atoms with Crippen LogP contribution < -0.4 is 10.6 Å². The van der Waals surface area contributed by atoms with Crippen LogP contribution in [0.2, 0.25) is 0 Å². The predicted molar refractivity (Wildman–Crippen MR) is 115 cm³/mol. The van der Waals surface area contributed by atoms with Crippen LogP contribution in [0.15, 0.2) is 18.2 Å². The van der Waals surface area contributed by atoms with Crippen LogP contribution in [0.3, 0.4) is 0 Å². The van der Waals surface area contributed by atoms with Crippen LogP contribution in [0.25, 0.3) is 0 Å². The van der Waals surface area contributed by atoms with Gasteiger partial charge in [0.1, 0.15) is 0 Å². The van der Waals surface area contributed by atoms with Crippen molar-refractivity contribution in [3.8, 4) is 0 Å². The number of amides is 2. The van der Waals surface area contributed by atoms with Gasteiger partial charge in [0.05, 0.1) is 6.04 Å². The average molecular weight is 412 g/mol. The number of imide groups is 1. The second-order valence-electron chi connectivity index (χ2n) is 9.24. The lowest BCUT2D eigenvalue weighted by Gasteiger charge is -2.41. The Kier molecular flexibility index (Phi) is 5.87. The van der Waals surface area contributed by atoms with Gasteiger partial charge in [-0.25, -0.2) is 0 Å². The summed E-state index contributed by atoms with van der Waals surface area (Å²) in [6.45, 7) is 9.49. The number of rotatable bonds is 4. The van der Waals surface area contributed by atoms with Crippen molar-refractivity contribution in [3.63, 3.8) is 0 Å². The molecule has 0 aliphatic carbocycles. The molecule has 1 aromatic carbocycles. The smallest absolute Gasteiger partial charge is 0.243 e. The summed E-state index contributed by atoms with van der Waals surface area (Å²) >= 11 is 0. The van der Waals surface area contributed by atoms with Crippen LogP contribution in [0, 0.1) is 0 Å². The summed E-state index contributed by atoms with van der Waals surface area (Å²) < 4.78 is 0. The highest BCUT2D eigenvalue weighted by atomic mass is 16.2. The van der Waals surface area contributed by atoms with Gasteiger partial charge in [0, 0.05) is 64.8 Å². The van der Waals surface area contributed by atoms with Crippen molar-refractivity contribution in [1.82, 2.24) is 25.3 Å². The predicted octanol–water partition coefficient (Wildman–Crippen LogP) is 0.677. The first-order valence-electron chi connectivity index (χ1n) is 11.5. The molecule has 0 bridgehead atoms. The summed E-state index contributed by atoms with van der Waals surface area (Å²) in [5.41, 5.74) is 4.14. The first-order valence-corrected chi connectivity index (χ1v) is 11.5. The summed E-state index contributed by atoms with van der Waals surface area (Å²) in [5, 5.41) is 5.98. The molecule has 5 rings (SSSR count). The number of fused-ring (bicyclic) bond motifs is 1. The number of likely N-dealkylation sites (tertiary alicyclic amines) is 1. The van der Waals surface area contributed by atoms with Gasteiger partial charge in [-0.2, -0.15) is 0 Å². The van der Waals surface area contributed by atoms with Gasteiger partial charge in [0.15, 0.2) is 0 Å². The molecule has 30 heavy (non-hydrogen) atoms. The molecule has 4 aliphatic rings. The van der Waals surface area contributed by atoms with Gasteiger partial charge in [0.2, 0.25) is 11.8 Å². The molecule has 7 nitrogen and oxygen atoms in total. The number of carbonyl (C=O) groups excluding carboxylic acids is 2. The molecule has 7 heteroatoms. The Hall–Kier alpha value is -1.80. The van der Waals surface area contributed by atoms with Crippen molar-refractivity contribution >= 4 is 11.8 Å². The van der Waals surface area contributed by atoms with Crippen molar-refractivity contribution in [1.29, 1.82) is 0 Å². The van der Waals surface area contributed by atoms with Crippen LogP contribution >= 0.6 is 0 Å². The molecular weight excluding hydrogens is 378 g/mol. The molecule has 2 amide bonds. The molecule has 4 aliphatic heterocycles. The summed E-state index contributed by atoms with van der Waals surface area (Å²) in [6, 6.07) is 7.12. The summed E-state index contributed by atoms with van der Waals surface area (Å²) in [5.74, 6) is -0.270. The number of hydrogen-bond acceptors (Lipinski definition) is 6. The third-order valence-electron chi connectivity index (χ3n) is 7.30. The van der Waals surface area contributed by atoms with Crippen LogP contribution in [0.5, 0.6) is 0 Å². The third kappa shape index (κ3) is 4.17. The third-order valence-corrected chi connectivity index (χ3v) is 7.30. The molecule has 2 unspecified atom stereocenters. The molecule has 3 fully saturated rings. The molecule has 0 spiro atoms. The van der Waals surface area contributed by atoms with E-state index < -0.39 is 0 Å². The topological polar surface area (TPSA) is 67.9 Å². The quantitative estimate of drug-likeness (QED) is 0.711. The maximum absolute atomic E-state index is 12.3. The summed E-state index contributed by atoms with van der Waals surface area (Å²) in [7, 11) is 0. The van der Waals surface area contributed by atoms with Gasteiger partial charge in [-0.1, -0.05) is 18.2 Å². The van der Waals surface area contributed by atoms with Gasteiger partial charge in [0.25, 0.3) is 0 Å². The van der Waals surface area contributed by atoms with E-state index in [-0.39, 0.29) is 17.9 Å². The second kappa shape index (κ2) is 8.75. The highest BCUT2D eigenvalue weighted by molar-refractivity contribution is 6.00. The Morgan fingerprint density at radius 3 is 2.70 bits per heavy atom. The molecule has 4 heterocycles. The number of benzene rings is 1. The number of nitrogens with one attached hydrogen (secondary N) is 2. The van der Waals surface area contributed by atoms with E-state index in [1.54, 1.807) is 0 Å². The Morgan fingerprint density at radius 2 is 1.87 bits per heavy atom. The van der Waals surface area contributed by atoms with Gasteiger partial charge in [-0.3, -0.25) is 29.6 Å². The lowest BCUT2D eigenvalue weighted by Crippen LogP contribution is -2.53. The highest BCUT2D eigenvalue weighted by Gasteiger charge is 2.35. The molecule has 2 N–H and O–H groups in total. The maximum atomic E-state index is 12.3. The lowest BCUT2D eigenvalue weighted by molar-refractivity contribution is -0.137. The Balaban J connectivity index is 1.25. The van der Waals surface area contributed by atoms with E-state index >= 15 is 0 Å². The van der Waals surface area contributed by atoms with Crippen LogP contribution in [-0.4, -0.2) is 77.9 Å². The van der Waals surface area contributed by atoms with Crippen molar-refractivity contribution in [2.24, 2.45) is 0 Å².